The largest absolute Gasteiger partial charge is 0.382 e. The lowest BCUT2D eigenvalue weighted by molar-refractivity contribution is -0.139. The normalized spacial score (nSPS) is 25.8. The number of nitrogens with two attached hydrogens (primary N) is 1. The number of nitrogens with one attached hydrogen (secondary N) is 2. The quantitative estimate of drug-likeness (QED) is 0.129. The maximum Gasteiger partial charge on any atom is 0.242 e. The van der Waals surface area contributed by atoms with Crippen LogP contribution in [0.2, 0.25) is 0 Å². The van der Waals surface area contributed by atoms with Crippen LogP contribution in [-0.2, 0) is 32.1 Å². The van der Waals surface area contributed by atoms with Crippen LogP contribution >= 0.6 is 11.8 Å². The van der Waals surface area contributed by atoms with Crippen molar-refractivity contribution < 1.29 is 19.2 Å². The molecule has 12 heteroatoms. The Morgan fingerprint density at radius 3 is 2.54 bits per heavy atom. The monoisotopic (exact) mass is 787 g/mol. The number of carbonyl (C=O) groups is 4. The highest BCUT2D eigenvalue weighted by atomic mass is 32.2. The number of nitrogens with zero attached hydrogens (tertiary/aromatic N) is 4. The predicted molar refractivity (Wildman–Crippen MR) is 226 cm³/mol. The van der Waals surface area contributed by atoms with Gasteiger partial charge >= 0.3 is 0 Å². The lowest BCUT2D eigenvalue weighted by atomic mass is 9.80. The van der Waals surface area contributed by atoms with E-state index in [-0.39, 0.29) is 59.8 Å². The third-order valence-corrected chi connectivity index (χ3v) is 13.6. The summed E-state index contributed by atoms with van der Waals surface area (Å²) in [6, 6.07) is 7.58. The van der Waals surface area contributed by atoms with E-state index in [1.54, 1.807) is 0 Å². The molecule has 1 saturated carbocycles. The molecule has 4 N–H and O–H groups in total. The van der Waals surface area contributed by atoms with Crippen molar-refractivity contribution in [3.63, 3.8) is 0 Å². The number of pyridine rings is 1. The van der Waals surface area contributed by atoms with Crippen molar-refractivity contribution in [2.75, 3.05) is 24.6 Å². The second-order valence-corrected chi connectivity index (χ2v) is 17.3. The fourth-order valence-corrected chi connectivity index (χ4v) is 10.4. The molecule has 11 nitrogen and oxygen atoms in total. The first-order chi connectivity index (χ1) is 27.8. The van der Waals surface area contributed by atoms with Crippen LogP contribution in [0.3, 0.4) is 0 Å². The number of unbranched alkanes of at least 4 members (excludes halogenated alkanes) is 2. The number of hydrogen-bond donors (Lipinski definition) is 3. The molecule has 4 atom stereocenters. The lowest BCUT2D eigenvalue weighted by Gasteiger charge is -2.30. The van der Waals surface area contributed by atoms with E-state index in [1.807, 2.05) is 60.7 Å². The van der Waals surface area contributed by atoms with Gasteiger partial charge in [0.2, 0.25) is 17.7 Å². The van der Waals surface area contributed by atoms with Crippen molar-refractivity contribution in [1.29, 1.82) is 0 Å². The number of amides is 3. The number of ketones is 1. The summed E-state index contributed by atoms with van der Waals surface area (Å²) in [5, 5.41) is 7.30. The molecule has 4 heterocycles. The molecule has 2 bridgehead atoms. The van der Waals surface area contributed by atoms with E-state index in [0.29, 0.717) is 24.7 Å². The Bertz CT molecular complexity index is 2210. The zero-order valence-electron chi connectivity index (χ0n) is 32.7. The van der Waals surface area contributed by atoms with E-state index < -0.39 is 5.25 Å². The molecule has 5 aliphatic rings. The molecule has 2 aromatic heterocycles. The summed E-state index contributed by atoms with van der Waals surface area (Å²) in [5.41, 5.74) is 11.1. The number of anilines is 1. The highest BCUT2D eigenvalue weighted by Crippen LogP contribution is 2.38. The van der Waals surface area contributed by atoms with E-state index >= 15 is 0 Å². The Morgan fingerprint density at radius 1 is 0.965 bits per heavy atom. The predicted octanol–water partition coefficient (Wildman–Crippen LogP) is 6.15. The average molecular weight is 788 g/mol. The van der Waals surface area contributed by atoms with Gasteiger partial charge < -0.3 is 15.6 Å². The number of aromatic nitrogens is 3. The summed E-state index contributed by atoms with van der Waals surface area (Å²) in [4.78, 5) is 64.3. The molecule has 3 amide bonds. The maximum absolute atomic E-state index is 13.6. The molecular weight excluding hydrogens is 735 g/mol. The fraction of sp³-hybridized carbons (Fsp3) is 0.467. The minimum Gasteiger partial charge on any atom is -0.382 e. The number of carbonyl (C=O) groups excluding carboxylic acids is 4. The van der Waals surface area contributed by atoms with Gasteiger partial charge in [-0.05, 0) is 68.1 Å². The number of rotatable bonds is 14. The van der Waals surface area contributed by atoms with E-state index in [4.69, 9.17) is 10.7 Å². The summed E-state index contributed by atoms with van der Waals surface area (Å²) < 4.78 is 2.31. The minimum atomic E-state index is -0.474. The number of thioether (sulfide) groups is 1. The number of nitrogen functional groups attached to an aromatic ring is 1. The Balaban J connectivity index is 0.779. The average Bonchev–Trinajstić information content (AvgIpc) is 3.86. The van der Waals surface area contributed by atoms with Crippen LogP contribution in [0.15, 0.2) is 84.0 Å². The Hall–Kier alpha value is -4.81. The second kappa shape index (κ2) is 17.4. The van der Waals surface area contributed by atoms with Crippen LogP contribution in [0.5, 0.6) is 0 Å². The van der Waals surface area contributed by atoms with Gasteiger partial charge in [0, 0.05) is 55.6 Å². The molecule has 298 valence electrons. The molecule has 3 aliphatic carbocycles. The van der Waals surface area contributed by atoms with Crippen LogP contribution in [0.4, 0.5) is 5.82 Å². The molecule has 0 radical (unpaired) electrons. The summed E-state index contributed by atoms with van der Waals surface area (Å²) in [6.07, 6.45) is 24.0. The van der Waals surface area contributed by atoms with Gasteiger partial charge in [-0.15, -0.1) is 11.8 Å². The number of para-hydroxylation sites is 1. The first-order valence-electron chi connectivity index (χ1n) is 20.8. The number of aryl methyl sites for hydroxylation is 2. The van der Waals surface area contributed by atoms with Crippen LogP contribution in [0.25, 0.3) is 21.9 Å². The van der Waals surface area contributed by atoms with Crippen LogP contribution in [-0.4, -0.2) is 79.1 Å². The molecular formula is C45H53N7O4S. The standard InChI is InChI=1S/C45H53N7O4S/c1-2-3-16-36-50-40-41(32-14-8-9-15-33(32)49-43(40)46)51(36)24-11-10-23-47-44(55)31-19-17-28(18-20-31)26-52-37(53)25-35(45(52)56)57-27-34-42(54)38-29-12-6-4-5-7-13-30(22-21-29)39(38)48-34/h4-9,12-15,21-22,28,31,34-35,38-39,48H,2-3,10-11,16-20,23-27H2,1H3,(H2,46,49)(H,47,55). The van der Waals surface area contributed by atoms with Crippen molar-refractivity contribution in [2.24, 2.45) is 17.8 Å². The van der Waals surface area contributed by atoms with Gasteiger partial charge in [-0.1, -0.05) is 80.2 Å². The number of benzene rings is 1. The van der Waals surface area contributed by atoms with E-state index in [9.17, 15) is 19.2 Å². The van der Waals surface area contributed by atoms with Gasteiger partial charge in [-0.3, -0.25) is 29.4 Å². The van der Waals surface area contributed by atoms with Crippen molar-refractivity contribution >= 4 is 63.0 Å². The number of imide groups is 1. The Kier molecular flexibility index (Phi) is 11.9. The molecule has 3 aromatic rings. The van der Waals surface area contributed by atoms with Crippen molar-refractivity contribution in [3.05, 3.63) is 89.8 Å². The summed E-state index contributed by atoms with van der Waals surface area (Å²) >= 11 is 1.42. The molecule has 8 rings (SSSR count). The first-order valence-corrected chi connectivity index (χ1v) is 21.8. The number of Topliss-reactive ketones (excluding diaryl/α,β-unsaturated/α-hetero) is 1. The summed E-state index contributed by atoms with van der Waals surface area (Å²) in [7, 11) is 0. The molecule has 1 aromatic carbocycles. The highest BCUT2D eigenvalue weighted by Gasteiger charge is 2.47. The zero-order chi connectivity index (χ0) is 39.5. The number of fused-ring (bicyclic) bond motifs is 3. The molecule has 2 aliphatic heterocycles. The Morgan fingerprint density at radius 2 is 1.74 bits per heavy atom. The molecule has 57 heavy (non-hydrogen) atoms. The van der Waals surface area contributed by atoms with Gasteiger partial charge in [-0.25, -0.2) is 9.97 Å². The van der Waals surface area contributed by atoms with Crippen LogP contribution in [0.1, 0.15) is 70.5 Å². The van der Waals surface area contributed by atoms with Gasteiger partial charge in [0.25, 0.3) is 0 Å². The van der Waals surface area contributed by atoms with E-state index in [2.05, 4.69) is 39.3 Å². The Labute approximate surface area is 338 Å². The van der Waals surface area contributed by atoms with E-state index in [1.165, 1.54) is 16.7 Å². The summed E-state index contributed by atoms with van der Waals surface area (Å²) in [5.74, 6) is 1.77. The molecule has 4 unspecified atom stereocenters. The number of hydrogen-bond acceptors (Lipinski definition) is 9. The second-order valence-electron chi connectivity index (χ2n) is 16.1. The maximum atomic E-state index is 13.6. The smallest absolute Gasteiger partial charge is 0.242 e. The summed E-state index contributed by atoms with van der Waals surface area (Å²) in [6.45, 7) is 3.99. The van der Waals surface area contributed by atoms with Crippen molar-refractivity contribution in [1.82, 2.24) is 30.1 Å². The van der Waals surface area contributed by atoms with Gasteiger partial charge in [0.1, 0.15) is 11.3 Å². The molecule has 2 saturated heterocycles. The topological polar surface area (TPSA) is 152 Å². The first kappa shape index (κ1) is 39.0. The number of imidazole rings is 1. The fourth-order valence-electron chi connectivity index (χ4n) is 9.21. The van der Waals surface area contributed by atoms with Gasteiger partial charge in [0.15, 0.2) is 11.6 Å². The minimum absolute atomic E-state index is 0.0545. The van der Waals surface area contributed by atoms with Crippen molar-refractivity contribution in [3.8, 4) is 0 Å². The van der Waals surface area contributed by atoms with Gasteiger partial charge in [0.05, 0.1) is 28.2 Å². The van der Waals surface area contributed by atoms with E-state index in [0.717, 1.165) is 103 Å². The third kappa shape index (κ3) is 8.16. The highest BCUT2D eigenvalue weighted by molar-refractivity contribution is 8.00. The third-order valence-electron chi connectivity index (χ3n) is 12.3. The van der Waals surface area contributed by atoms with Crippen LogP contribution < -0.4 is 16.4 Å². The molecule has 0 spiro atoms. The van der Waals surface area contributed by atoms with Crippen molar-refractivity contribution in [2.45, 2.75) is 95.0 Å². The lowest BCUT2D eigenvalue weighted by Crippen LogP contribution is -2.39. The zero-order valence-corrected chi connectivity index (χ0v) is 33.5. The SMILES string of the molecule is CCCCc1nc2c(N)nc3ccccc3c2n1CCCCNC(=O)C1CCC(CN2C(=O)CC(SCC3NC4c5ccccccc(cc5)C4C3=O)C2=O)CC1. The number of allylic oxidation sites excluding steroid dienone is 7. The number of likely N-dealkylation sites (tertiary alicyclic amines) is 1. The van der Waals surface area contributed by atoms with Gasteiger partial charge in [-0.2, -0.15) is 0 Å². The molecule has 3 fully saturated rings. The van der Waals surface area contributed by atoms with Crippen LogP contribution in [0, 0.1) is 17.8 Å².